The van der Waals surface area contributed by atoms with Crippen molar-refractivity contribution in [2.24, 2.45) is 0 Å². The third-order valence-corrected chi connectivity index (χ3v) is 4.47. The minimum atomic E-state index is -4.52. The first kappa shape index (κ1) is 19.6. The van der Waals surface area contributed by atoms with Gasteiger partial charge in [0.15, 0.2) is 0 Å². The second-order valence-corrected chi connectivity index (χ2v) is 6.20. The van der Waals surface area contributed by atoms with Crippen molar-refractivity contribution in [2.45, 2.75) is 32.8 Å². The molecular formula is C18H16Cl2F3NO. The third-order valence-electron chi connectivity index (χ3n) is 3.94. The van der Waals surface area contributed by atoms with Gasteiger partial charge in [-0.15, -0.1) is 11.6 Å². The van der Waals surface area contributed by atoms with Crippen molar-refractivity contribution in [1.82, 2.24) is 4.98 Å². The van der Waals surface area contributed by atoms with E-state index in [2.05, 4.69) is 11.6 Å². The van der Waals surface area contributed by atoms with Gasteiger partial charge in [0.05, 0.1) is 22.2 Å². The Hall–Kier alpha value is -1.72. The molecule has 2 aromatic heterocycles. The topological polar surface area (TPSA) is 26.0 Å². The van der Waals surface area contributed by atoms with E-state index in [4.69, 9.17) is 27.6 Å². The first-order valence-corrected chi connectivity index (χ1v) is 8.24. The highest BCUT2D eigenvalue weighted by molar-refractivity contribution is 6.32. The van der Waals surface area contributed by atoms with Crippen LogP contribution in [-0.2, 0) is 12.1 Å². The quantitative estimate of drug-likeness (QED) is 0.428. The van der Waals surface area contributed by atoms with Crippen molar-refractivity contribution in [2.75, 3.05) is 0 Å². The van der Waals surface area contributed by atoms with Crippen LogP contribution in [-0.4, -0.2) is 4.98 Å². The standard InChI is InChI=1S/C18H16Cl2F3NO/c1-5-9(2)15(16-10(3)11(4)25-14(16)7-19)17-13(20)6-12(8-24-17)18(21,22)23/h5-6,8H,1,7H2,2-4H3/b15-9+. The van der Waals surface area contributed by atoms with Gasteiger partial charge in [-0.3, -0.25) is 4.98 Å². The van der Waals surface area contributed by atoms with Gasteiger partial charge in [-0.25, -0.2) is 0 Å². The zero-order valence-corrected chi connectivity index (χ0v) is 15.4. The van der Waals surface area contributed by atoms with Crippen LogP contribution in [0.15, 0.2) is 34.9 Å². The number of alkyl halides is 4. The molecule has 134 valence electrons. The number of hydrogen-bond acceptors (Lipinski definition) is 2. The Kier molecular flexibility index (Phi) is 5.69. The fourth-order valence-electron chi connectivity index (χ4n) is 2.50. The molecule has 0 amide bonds. The van der Waals surface area contributed by atoms with Gasteiger partial charge >= 0.3 is 6.18 Å². The molecule has 0 atom stereocenters. The van der Waals surface area contributed by atoms with Gasteiger partial charge in [0.25, 0.3) is 0 Å². The predicted molar refractivity (Wildman–Crippen MR) is 93.9 cm³/mol. The molecular weight excluding hydrogens is 374 g/mol. The van der Waals surface area contributed by atoms with Gasteiger partial charge in [0.1, 0.15) is 11.5 Å². The first-order valence-electron chi connectivity index (χ1n) is 7.33. The van der Waals surface area contributed by atoms with Crippen molar-refractivity contribution in [3.8, 4) is 0 Å². The number of hydrogen-bond donors (Lipinski definition) is 0. The Morgan fingerprint density at radius 1 is 1.36 bits per heavy atom. The van der Waals surface area contributed by atoms with E-state index in [0.717, 1.165) is 17.8 Å². The van der Waals surface area contributed by atoms with Gasteiger partial charge in [-0.1, -0.05) is 24.3 Å². The summed E-state index contributed by atoms with van der Waals surface area (Å²) in [7, 11) is 0. The average molecular weight is 390 g/mol. The summed E-state index contributed by atoms with van der Waals surface area (Å²) in [5, 5.41) is -0.107. The minimum Gasteiger partial charge on any atom is -0.464 e. The molecule has 25 heavy (non-hydrogen) atoms. The van der Waals surface area contributed by atoms with Crippen molar-refractivity contribution in [3.05, 3.63) is 69.4 Å². The maximum absolute atomic E-state index is 12.9. The molecule has 0 aromatic carbocycles. The molecule has 0 spiro atoms. The number of aromatic nitrogens is 1. The molecule has 0 fully saturated rings. The average Bonchev–Trinajstić information content (AvgIpc) is 2.83. The zero-order valence-electron chi connectivity index (χ0n) is 13.9. The molecule has 0 unspecified atom stereocenters. The summed E-state index contributed by atoms with van der Waals surface area (Å²) in [6, 6.07) is 0.864. The first-order chi connectivity index (χ1) is 11.6. The van der Waals surface area contributed by atoms with Crippen molar-refractivity contribution >= 4 is 28.8 Å². The van der Waals surface area contributed by atoms with Crippen LogP contribution in [0.5, 0.6) is 0 Å². The molecule has 0 aliphatic rings. The molecule has 7 heteroatoms. The number of allylic oxidation sites excluding steroid dienone is 2. The molecule has 2 rings (SSSR count). The summed E-state index contributed by atoms with van der Waals surface area (Å²) >= 11 is 12.1. The highest BCUT2D eigenvalue weighted by Gasteiger charge is 2.32. The van der Waals surface area contributed by atoms with Crippen LogP contribution >= 0.6 is 23.2 Å². The Balaban J connectivity index is 2.77. The molecule has 2 aromatic rings. The molecule has 0 saturated carbocycles. The monoisotopic (exact) mass is 389 g/mol. The summed E-state index contributed by atoms with van der Waals surface area (Å²) in [5.74, 6) is 1.28. The van der Waals surface area contributed by atoms with E-state index in [1.165, 1.54) is 0 Å². The maximum Gasteiger partial charge on any atom is 0.417 e. The largest absolute Gasteiger partial charge is 0.464 e. The van der Waals surface area contributed by atoms with Crippen molar-refractivity contribution in [1.29, 1.82) is 0 Å². The van der Waals surface area contributed by atoms with E-state index in [-0.39, 0.29) is 16.6 Å². The Bertz CT molecular complexity index is 851. The minimum absolute atomic E-state index is 0.107. The highest BCUT2D eigenvalue weighted by Crippen LogP contribution is 2.39. The number of aryl methyl sites for hydroxylation is 1. The third kappa shape index (κ3) is 3.77. The maximum atomic E-state index is 12.9. The van der Waals surface area contributed by atoms with Crippen LogP contribution in [0.3, 0.4) is 0 Å². The lowest BCUT2D eigenvalue weighted by molar-refractivity contribution is -0.137. The second kappa shape index (κ2) is 7.26. The van der Waals surface area contributed by atoms with Gasteiger partial charge in [0, 0.05) is 17.3 Å². The fourth-order valence-corrected chi connectivity index (χ4v) is 2.95. The second-order valence-electron chi connectivity index (χ2n) is 5.53. The molecule has 0 aliphatic heterocycles. The van der Waals surface area contributed by atoms with Crippen LogP contribution in [0, 0.1) is 13.8 Å². The van der Waals surface area contributed by atoms with Crippen LogP contribution in [0.4, 0.5) is 13.2 Å². The van der Waals surface area contributed by atoms with E-state index in [1.807, 2.05) is 6.92 Å². The van der Waals surface area contributed by atoms with Crippen LogP contribution in [0.1, 0.15) is 40.8 Å². The van der Waals surface area contributed by atoms with Crippen molar-refractivity contribution in [3.63, 3.8) is 0 Å². The summed E-state index contributed by atoms with van der Waals surface area (Å²) in [4.78, 5) is 3.97. The number of furan rings is 1. The lowest BCUT2D eigenvalue weighted by atomic mass is 9.93. The van der Waals surface area contributed by atoms with E-state index >= 15 is 0 Å². The van der Waals surface area contributed by atoms with Crippen LogP contribution < -0.4 is 0 Å². The number of halogens is 5. The molecule has 0 radical (unpaired) electrons. The van der Waals surface area contributed by atoms with Crippen LogP contribution in [0.25, 0.3) is 5.57 Å². The molecule has 2 heterocycles. The molecule has 0 N–H and O–H groups in total. The van der Waals surface area contributed by atoms with E-state index < -0.39 is 11.7 Å². The summed E-state index contributed by atoms with van der Waals surface area (Å²) in [6.07, 6.45) is -2.17. The van der Waals surface area contributed by atoms with Crippen molar-refractivity contribution < 1.29 is 17.6 Å². The Morgan fingerprint density at radius 3 is 2.48 bits per heavy atom. The zero-order chi connectivity index (χ0) is 18.9. The summed E-state index contributed by atoms with van der Waals surface area (Å²) in [5.41, 5.74) is 2.07. The van der Waals surface area contributed by atoms with Gasteiger partial charge < -0.3 is 4.42 Å². The molecule has 0 bridgehead atoms. The predicted octanol–water partition coefficient (Wildman–Crippen LogP) is 6.71. The van der Waals surface area contributed by atoms with Gasteiger partial charge in [-0.05, 0) is 38.0 Å². The van der Waals surface area contributed by atoms with E-state index in [1.54, 1.807) is 19.9 Å². The van der Waals surface area contributed by atoms with E-state index in [0.29, 0.717) is 28.2 Å². The lowest BCUT2D eigenvalue weighted by Gasteiger charge is -2.14. The molecule has 0 saturated heterocycles. The molecule has 0 aliphatic carbocycles. The smallest absolute Gasteiger partial charge is 0.417 e. The fraction of sp³-hybridized carbons (Fsp3) is 0.278. The highest BCUT2D eigenvalue weighted by atomic mass is 35.5. The number of pyridine rings is 1. The van der Waals surface area contributed by atoms with Crippen LogP contribution in [0.2, 0.25) is 5.02 Å². The van der Waals surface area contributed by atoms with E-state index in [9.17, 15) is 13.2 Å². The SMILES string of the molecule is C=C/C(C)=C(/c1ncc(C(F)(F)F)cc1Cl)c1c(CCl)oc(C)c1C. The molecule has 2 nitrogen and oxygen atoms in total. The lowest BCUT2D eigenvalue weighted by Crippen LogP contribution is -2.07. The summed E-state index contributed by atoms with van der Waals surface area (Å²) < 4.78 is 44.3. The summed E-state index contributed by atoms with van der Waals surface area (Å²) in [6.45, 7) is 9.15. The number of rotatable bonds is 4. The number of nitrogens with zero attached hydrogens (tertiary/aromatic N) is 1. The Labute approximate surface area is 154 Å². The van der Waals surface area contributed by atoms with Gasteiger partial charge in [-0.2, -0.15) is 13.2 Å². The van der Waals surface area contributed by atoms with Gasteiger partial charge in [0.2, 0.25) is 0 Å². The normalized spacial score (nSPS) is 13.0. The Morgan fingerprint density at radius 2 is 2.00 bits per heavy atom.